The standard InChI is InChI=1S/C20H20N2O3/c1-13(23)22-19(20(24)25)16(11-14-7-3-2-4-8-14)17-12-21-18-10-6-5-9-15(17)18/h2-10,12,16,19,21H,11H2,1H3,(H,22,23)(H,24,25). The van der Waals surface area contributed by atoms with Crippen LogP contribution in [0.2, 0.25) is 0 Å². The number of carbonyl (C=O) groups excluding carboxylic acids is 1. The van der Waals surface area contributed by atoms with Crippen LogP contribution in [-0.2, 0) is 16.0 Å². The summed E-state index contributed by atoms with van der Waals surface area (Å²) in [7, 11) is 0. The summed E-state index contributed by atoms with van der Waals surface area (Å²) in [4.78, 5) is 26.6. The highest BCUT2D eigenvalue weighted by atomic mass is 16.4. The highest BCUT2D eigenvalue weighted by molar-refractivity contribution is 5.87. The Balaban J connectivity index is 2.07. The van der Waals surface area contributed by atoms with Crippen molar-refractivity contribution >= 4 is 22.8 Å². The molecule has 5 heteroatoms. The number of hydrogen-bond acceptors (Lipinski definition) is 2. The van der Waals surface area contributed by atoms with Crippen molar-refractivity contribution in [3.05, 3.63) is 71.9 Å². The molecular weight excluding hydrogens is 316 g/mol. The molecule has 0 fully saturated rings. The molecule has 0 saturated carbocycles. The highest BCUT2D eigenvalue weighted by Crippen LogP contribution is 2.31. The largest absolute Gasteiger partial charge is 0.480 e. The number of hydrogen-bond donors (Lipinski definition) is 3. The summed E-state index contributed by atoms with van der Waals surface area (Å²) in [6, 6.07) is 16.5. The number of carbonyl (C=O) groups is 2. The fraction of sp³-hybridized carbons (Fsp3) is 0.200. The lowest BCUT2D eigenvalue weighted by Gasteiger charge is -2.24. The van der Waals surface area contributed by atoms with Gasteiger partial charge in [0, 0.05) is 29.9 Å². The normalized spacial score (nSPS) is 13.3. The quantitative estimate of drug-likeness (QED) is 0.647. The molecule has 1 amide bonds. The van der Waals surface area contributed by atoms with Crippen LogP contribution in [0, 0.1) is 0 Å². The molecule has 2 aromatic carbocycles. The monoisotopic (exact) mass is 336 g/mol. The van der Waals surface area contributed by atoms with E-state index >= 15 is 0 Å². The van der Waals surface area contributed by atoms with Gasteiger partial charge in [-0.05, 0) is 23.6 Å². The molecule has 0 aliphatic heterocycles. The summed E-state index contributed by atoms with van der Waals surface area (Å²) < 4.78 is 0. The Bertz CT molecular complexity index is 886. The SMILES string of the molecule is CC(=O)NC(C(=O)O)C(Cc1ccccc1)c1c[nH]c2ccccc12. The smallest absolute Gasteiger partial charge is 0.326 e. The summed E-state index contributed by atoms with van der Waals surface area (Å²) in [5.74, 6) is -1.79. The Kier molecular flexibility index (Phi) is 4.84. The fourth-order valence-corrected chi connectivity index (χ4v) is 3.23. The maximum absolute atomic E-state index is 11.9. The number of rotatable bonds is 6. The molecule has 0 saturated heterocycles. The van der Waals surface area contributed by atoms with Gasteiger partial charge in [-0.1, -0.05) is 48.5 Å². The average molecular weight is 336 g/mol. The zero-order chi connectivity index (χ0) is 17.8. The fourth-order valence-electron chi connectivity index (χ4n) is 3.23. The molecule has 0 radical (unpaired) electrons. The summed E-state index contributed by atoms with van der Waals surface area (Å²) in [5, 5.41) is 13.3. The van der Waals surface area contributed by atoms with Gasteiger partial charge >= 0.3 is 5.97 Å². The molecule has 5 nitrogen and oxygen atoms in total. The molecule has 3 aromatic rings. The molecule has 3 N–H and O–H groups in total. The molecule has 25 heavy (non-hydrogen) atoms. The van der Waals surface area contributed by atoms with Gasteiger partial charge in [-0.15, -0.1) is 0 Å². The van der Waals surface area contributed by atoms with Gasteiger partial charge < -0.3 is 15.4 Å². The number of H-pyrrole nitrogens is 1. The van der Waals surface area contributed by atoms with E-state index in [4.69, 9.17) is 0 Å². The first-order valence-electron chi connectivity index (χ1n) is 8.16. The number of fused-ring (bicyclic) bond motifs is 1. The van der Waals surface area contributed by atoms with Crippen molar-refractivity contribution in [2.45, 2.75) is 25.3 Å². The van der Waals surface area contributed by atoms with Crippen LogP contribution in [0.15, 0.2) is 60.8 Å². The number of aromatic amines is 1. The van der Waals surface area contributed by atoms with E-state index in [9.17, 15) is 14.7 Å². The van der Waals surface area contributed by atoms with Gasteiger partial charge in [-0.2, -0.15) is 0 Å². The van der Waals surface area contributed by atoms with Crippen LogP contribution in [0.5, 0.6) is 0 Å². The Labute approximate surface area is 145 Å². The zero-order valence-electron chi connectivity index (χ0n) is 13.9. The van der Waals surface area contributed by atoms with Gasteiger partial charge in [0.1, 0.15) is 6.04 Å². The topological polar surface area (TPSA) is 82.2 Å². The van der Waals surface area contributed by atoms with E-state index in [0.717, 1.165) is 22.0 Å². The van der Waals surface area contributed by atoms with Crippen molar-refractivity contribution < 1.29 is 14.7 Å². The zero-order valence-corrected chi connectivity index (χ0v) is 13.9. The maximum Gasteiger partial charge on any atom is 0.326 e. The van der Waals surface area contributed by atoms with Gasteiger partial charge in [0.25, 0.3) is 0 Å². The average Bonchev–Trinajstić information content (AvgIpc) is 3.02. The van der Waals surface area contributed by atoms with E-state index in [1.54, 1.807) is 0 Å². The molecule has 0 aliphatic rings. The van der Waals surface area contributed by atoms with Gasteiger partial charge in [0.2, 0.25) is 5.91 Å². The molecule has 0 aliphatic carbocycles. The second-order valence-electron chi connectivity index (χ2n) is 6.10. The second-order valence-corrected chi connectivity index (χ2v) is 6.10. The number of aromatic nitrogens is 1. The number of carboxylic acids is 1. The van der Waals surface area contributed by atoms with Crippen LogP contribution >= 0.6 is 0 Å². The number of benzene rings is 2. The first-order valence-corrected chi connectivity index (χ1v) is 8.16. The number of aliphatic carboxylic acids is 1. The van der Waals surface area contributed by atoms with Crippen molar-refractivity contribution in [3.8, 4) is 0 Å². The molecule has 0 bridgehead atoms. The minimum absolute atomic E-state index is 0.356. The molecule has 3 rings (SSSR count). The van der Waals surface area contributed by atoms with Crippen LogP contribution in [0.3, 0.4) is 0 Å². The molecule has 1 heterocycles. The number of para-hydroxylation sites is 1. The first-order chi connectivity index (χ1) is 12.1. The van der Waals surface area contributed by atoms with Crippen LogP contribution in [0.25, 0.3) is 10.9 Å². The molecule has 2 atom stereocenters. The first kappa shape index (κ1) is 16.8. The van der Waals surface area contributed by atoms with Crippen molar-refractivity contribution in [2.75, 3.05) is 0 Å². The second kappa shape index (κ2) is 7.21. The van der Waals surface area contributed by atoms with Crippen LogP contribution in [0.1, 0.15) is 24.0 Å². The predicted octanol–water partition coefficient (Wildman–Crippen LogP) is 3.08. The van der Waals surface area contributed by atoms with Gasteiger partial charge in [-0.25, -0.2) is 4.79 Å². The van der Waals surface area contributed by atoms with Crippen LogP contribution in [0.4, 0.5) is 0 Å². The van der Waals surface area contributed by atoms with E-state index in [2.05, 4.69) is 10.3 Å². The third-order valence-corrected chi connectivity index (χ3v) is 4.35. The molecule has 128 valence electrons. The lowest BCUT2D eigenvalue weighted by atomic mass is 9.85. The van der Waals surface area contributed by atoms with Crippen molar-refractivity contribution in [1.29, 1.82) is 0 Å². The van der Waals surface area contributed by atoms with Crippen molar-refractivity contribution in [2.24, 2.45) is 0 Å². The Hall–Kier alpha value is -3.08. The molecule has 0 spiro atoms. The van der Waals surface area contributed by atoms with Crippen molar-refractivity contribution in [3.63, 3.8) is 0 Å². The van der Waals surface area contributed by atoms with Gasteiger partial charge in [0.15, 0.2) is 0 Å². The minimum atomic E-state index is -1.04. The van der Waals surface area contributed by atoms with Crippen molar-refractivity contribution in [1.82, 2.24) is 10.3 Å². The minimum Gasteiger partial charge on any atom is -0.480 e. The lowest BCUT2D eigenvalue weighted by molar-refractivity contribution is -0.142. The predicted molar refractivity (Wildman–Crippen MR) is 96.4 cm³/mol. The van der Waals surface area contributed by atoms with E-state index in [1.165, 1.54) is 6.92 Å². The molecule has 2 unspecified atom stereocenters. The van der Waals surface area contributed by atoms with E-state index in [0.29, 0.717) is 6.42 Å². The Morgan fingerprint density at radius 1 is 1.08 bits per heavy atom. The van der Waals surface area contributed by atoms with Crippen LogP contribution < -0.4 is 5.32 Å². The highest BCUT2D eigenvalue weighted by Gasteiger charge is 2.32. The number of nitrogens with one attached hydrogen (secondary N) is 2. The van der Waals surface area contributed by atoms with Crippen LogP contribution in [-0.4, -0.2) is 28.0 Å². The molecule has 1 aromatic heterocycles. The molecular formula is C20H20N2O3. The maximum atomic E-state index is 11.9. The van der Waals surface area contributed by atoms with E-state index in [-0.39, 0.29) is 11.8 Å². The summed E-state index contributed by atoms with van der Waals surface area (Å²) in [6.45, 7) is 1.34. The van der Waals surface area contributed by atoms with E-state index in [1.807, 2.05) is 60.8 Å². The summed E-state index contributed by atoms with van der Waals surface area (Å²) in [6.07, 6.45) is 2.36. The third-order valence-electron chi connectivity index (χ3n) is 4.35. The van der Waals surface area contributed by atoms with E-state index < -0.39 is 12.0 Å². The third kappa shape index (κ3) is 3.71. The lowest BCUT2D eigenvalue weighted by Crippen LogP contribution is -2.44. The summed E-state index contributed by atoms with van der Waals surface area (Å²) in [5.41, 5.74) is 2.86. The number of amides is 1. The Morgan fingerprint density at radius 2 is 1.76 bits per heavy atom. The summed E-state index contributed by atoms with van der Waals surface area (Å²) >= 11 is 0. The Morgan fingerprint density at radius 3 is 2.44 bits per heavy atom. The van der Waals surface area contributed by atoms with Gasteiger partial charge in [-0.3, -0.25) is 4.79 Å². The number of carboxylic acid groups (broad SMARTS) is 1. The van der Waals surface area contributed by atoms with Gasteiger partial charge in [0.05, 0.1) is 0 Å².